The molecule has 0 N–H and O–H groups in total. The first-order chi connectivity index (χ1) is 7.27. The standard InChI is InChI=1S/C10H6ClN3O/c11-10-4-3-8(6-9(10)7-15)2-1-5-13-14-12/h3-4,6-7H,5H2. The van der Waals surface area contributed by atoms with Crippen LogP contribution in [0.3, 0.4) is 0 Å². The molecule has 0 aliphatic rings. The Kier molecular flexibility index (Phi) is 4.24. The van der Waals surface area contributed by atoms with E-state index in [2.05, 4.69) is 21.9 Å². The lowest BCUT2D eigenvalue weighted by Crippen LogP contribution is -1.84. The largest absolute Gasteiger partial charge is 0.298 e. The van der Waals surface area contributed by atoms with Gasteiger partial charge in [0, 0.05) is 16.0 Å². The molecule has 74 valence electrons. The van der Waals surface area contributed by atoms with Crippen molar-refractivity contribution in [1.82, 2.24) is 0 Å². The van der Waals surface area contributed by atoms with Crippen molar-refractivity contribution in [1.29, 1.82) is 0 Å². The van der Waals surface area contributed by atoms with Crippen molar-refractivity contribution in [3.05, 3.63) is 44.8 Å². The fourth-order valence-electron chi connectivity index (χ4n) is 0.920. The van der Waals surface area contributed by atoms with Crippen LogP contribution in [0.5, 0.6) is 0 Å². The number of azide groups is 1. The van der Waals surface area contributed by atoms with Gasteiger partial charge >= 0.3 is 0 Å². The average molecular weight is 220 g/mol. The van der Waals surface area contributed by atoms with Gasteiger partial charge in [-0.1, -0.05) is 28.6 Å². The number of carbonyl (C=O) groups is 1. The number of hydrogen-bond donors (Lipinski definition) is 0. The van der Waals surface area contributed by atoms with Crippen LogP contribution in [-0.4, -0.2) is 12.8 Å². The summed E-state index contributed by atoms with van der Waals surface area (Å²) in [6.45, 7) is 0.107. The summed E-state index contributed by atoms with van der Waals surface area (Å²) in [5, 5.41) is 3.65. The summed E-state index contributed by atoms with van der Waals surface area (Å²) in [7, 11) is 0. The van der Waals surface area contributed by atoms with Crippen LogP contribution in [0.25, 0.3) is 10.4 Å². The molecule has 0 bridgehead atoms. The molecule has 0 aliphatic heterocycles. The number of carbonyl (C=O) groups excluding carboxylic acids is 1. The van der Waals surface area contributed by atoms with Gasteiger partial charge in [0.2, 0.25) is 0 Å². The van der Waals surface area contributed by atoms with Crippen LogP contribution in [0.2, 0.25) is 5.02 Å². The summed E-state index contributed by atoms with van der Waals surface area (Å²) in [5.74, 6) is 5.39. The summed E-state index contributed by atoms with van der Waals surface area (Å²) >= 11 is 5.73. The monoisotopic (exact) mass is 219 g/mol. The maximum Gasteiger partial charge on any atom is 0.151 e. The number of halogens is 1. The maximum atomic E-state index is 10.6. The van der Waals surface area contributed by atoms with E-state index in [1.165, 1.54) is 0 Å². The van der Waals surface area contributed by atoms with E-state index in [0.717, 1.165) is 0 Å². The van der Waals surface area contributed by atoms with Crippen molar-refractivity contribution in [2.45, 2.75) is 0 Å². The van der Waals surface area contributed by atoms with Gasteiger partial charge in [-0.15, -0.1) is 0 Å². The molecule has 1 aromatic carbocycles. The predicted octanol–water partition coefficient (Wildman–Crippen LogP) is 2.81. The molecule has 0 atom stereocenters. The van der Waals surface area contributed by atoms with E-state index in [0.29, 0.717) is 22.4 Å². The molecule has 0 spiro atoms. The first-order valence-corrected chi connectivity index (χ1v) is 4.40. The highest BCUT2D eigenvalue weighted by Gasteiger charge is 1.98. The average Bonchev–Trinajstić information content (AvgIpc) is 2.26. The third kappa shape index (κ3) is 3.35. The molecule has 5 heteroatoms. The molecule has 0 aliphatic carbocycles. The number of hydrogen-bond acceptors (Lipinski definition) is 2. The van der Waals surface area contributed by atoms with Crippen LogP contribution < -0.4 is 0 Å². The molecule has 0 heterocycles. The summed E-state index contributed by atoms with van der Waals surface area (Å²) in [4.78, 5) is 13.1. The number of rotatable bonds is 2. The van der Waals surface area contributed by atoms with Crippen LogP contribution in [0.15, 0.2) is 23.3 Å². The number of aldehydes is 1. The molecule has 1 rings (SSSR count). The quantitative estimate of drug-likeness (QED) is 0.248. The van der Waals surface area contributed by atoms with Crippen molar-refractivity contribution in [3.63, 3.8) is 0 Å². The third-order valence-electron chi connectivity index (χ3n) is 1.57. The van der Waals surface area contributed by atoms with Gasteiger partial charge in [0.25, 0.3) is 0 Å². The van der Waals surface area contributed by atoms with Gasteiger partial charge in [-0.3, -0.25) is 4.79 Å². The second kappa shape index (κ2) is 5.71. The number of benzene rings is 1. The van der Waals surface area contributed by atoms with Gasteiger partial charge in [-0.05, 0) is 23.7 Å². The molecule has 1 aromatic rings. The van der Waals surface area contributed by atoms with E-state index in [-0.39, 0.29) is 6.54 Å². The second-order valence-corrected chi connectivity index (χ2v) is 2.95. The molecule has 4 nitrogen and oxygen atoms in total. The third-order valence-corrected chi connectivity index (χ3v) is 1.91. The zero-order valence-corrected chi connectivity index (χ0v) is 8.40. The smallest absolute Gasteiger partial charge is 0.151 e. The summed E-state index contributed by atoms with van der Waals surface area (Å²) in [6.07, 6.45) is 0.668. The lowest BCUT2D eigenvalue weighted by Gasteiger charge is -1.95. The molecular formula is C10H6ClN3O. The zero-order chi connectivity index (χ0) is 11.1. The van der Waals surface area contributed by atoms with E-state index < -0.39 is 0 Å². The van der Waals surface area contributed by atoms with Gasteiger partial charge in [-0.2, -0.15) is 0 Å². The maximum absolute atomic E-state index is 10.6. The van der Waals surface area contributed by atoms with Crippen molar-refractivity contribution in [2.75, 3.05) is 6.54 Å². The SMILES string of the molecule is [N-]=[N+]=NCC#Cc1ccc(Cl)c(C=O)c1. The fraction of sp³-hybridized carbons (Fsp3) is 0.100. The molecule has 0 fully saturated rings. The first kappa shape index (κ1) is 11.1. The lowest BCUT2D eigenvalue weighted by atomic mass is 10.1. The Morgan fingerprint density at radius 2 is 2.40 bits per heavy atom. The predicted molar refractivity (Wildman–Crippen MR) is 57.7 cm³/mol. The van der Waals surface area contributed by atoms with Gasteiger partial charge in [-0.25, -0.2) is 0 Å². The fourth-order valence-corrected chi connectivity index (χ4v) is 1.08. The Morgan fingerprint density at radius 3 is 3.07 bits per heavy atom. The Labute approximate surface area is 91.5 Å². The van der Waals surface area contributed by atoms with Gasteiger partial charge < -0.3 is 0 Å². The van der Waals surface area contributed by atoms with Crippen LogP contribution in [0.1, 0.15) is 15.9 Å². The molecule has 0 radical (unpaired) electrons. The van der Waals surface area contributed by atoms with Crippen LogP contribution in [-0.2, 0) is 0 Å². The molecule has 0 saturated carbocycles. The van der Waals surface area contributed by atoms with Crippen molar-refractivity contribution in [3.8, 4) is 11.8 Å². The van der Waals surface area contributed by atoms with Crippen LogP contribution in [0, 0.1) is 11.8 Å². The second-order valence-electron chi connectivity index (χ2n) is 2.54. The summed E-state index contributed by atoms with van der Waals surface area (Å²) in [5.41, 5.74) is 9.07. The highest BCUT2D eigenvalue weighted by molar-refractivity contribution is 6.32. The molecule has 0 unspecified atom stereocenters. The molecule has 0 aromatic heterocycles. The van der Waals surface area contributed by atoms with Crippen LogP contribution >= 0.6 is 11.6 Å². The molecule has 0 saturated heterocycles. The highest BCUT2D eigenvalue weighted by Crippen LogP contribution is 2.14. The minimum Gasteiger partial charge on any atom is -0.298 e. The number of nitrogens with zero attached hydrogens (tertiary/aromatic N) is 3. The van der Waals surface area contributed by atoms with E-state index in [1.54, 1.807) is 18.2 Å². The Balaban J connectivity index is 2.90. The molecule has 0 amide bonds. The Bertz CT molecular complexity index is 481. The topological polar surface area (TPSA) is 65.8 Å². The van der Waals surface area contributed by atoms with E-state index in [4.69, 9.17) is 17.1 Å². The molecular weight excluding hydrogens is 214 g/mol. The van der Waals surface area contributed by atoms with E-state index >= 15 is 0 Å². The van der Waals surface area contributed by atoms with Gasteiger partial charge in [0.1, 0.15) is 0 Å². The van der Waals surface area contributed by atoms with Crippen molar-refractivity contribution >= 4 is 17.9 Å². The van der Waals surface area contributed by atoms with Gasteiger partial charge in [0.15, 0.2) is 6.29 Å². The Morgan fingerprint density at radius 1 is 1.60 bits per heavy atom. The Hall–Kier alpha value is -1.95. The highest BCUT2D eigenvalue weighted by atomic mass is 35.5. The summed E-state index contributed by atoms with van der Waals surface area (Å²) < 4.78 is 0. The van der Waals surface area contributed by atoms with Crippen molar-refractivity contribution < 1.29 is 4.79 Å². The minimum absolute atomic E-state index is 0.107. The summed E-state index contributed by atoms with van der Waals surface area (Å²) in [6, 6.07) is 4.87. The first-order valence-electron chi connectivity index (χ1n) is 4.02. The lowest BCUT2D eigenvalue weighted by molar-refractivity contribution is 0.112. The normalized spacial score (nSPS) is 8.33. The zero-order valence-electron chi connectivity index (χ0n) is 7.64. The van der Waals surface area contributed by atoms with E-state index in [1.807, 2.05) is 0 Å². The van der Waals surface area contributed by atoms with Crippen LogP contribution in [0.4, 0.5) is 0 Å². The van der Waals surface area contributed by atoms with Crippen molar-refractivity contribution in [2.24, 2.45) is 5.11 Å². The van der Waals surface area contributed by atoms with E-state index in [9.17, 15) is 4.79 Å². The molecule has 15 heavy (non-hydrogen) atoms. The van der Waals surface area contributed by atoms with Gasteiger partial charge in [0.05, 0.1) is 11.6 Å². The minimum atomic E-state index is 0.107.